The third kappa shape index (κ3) is 2.86. The van der Waals surface area contributed by atoms with E-state index in [1.807, 2.05) is 23.1 Å². The Bertz CT molecular complexity index is 696. The first-order valence-electron chi connectivity index (χ1n) is 6.41. The Kier molecular flexibility index (Phi) is 4.03. The fourth-order valence-corrected chi connectivity index (χ4v) is 2.56. The molecule has 0 saturated heterocycles. The summed E-state index contributed by atoms with van der Waals surface area (Å²) in [7, 11) is 0. The molecule has 0 amide bonds. The highest BCUT2D eigenvalue weighted by atomic mass is 79.9. The van der Waals surface area contributed by atoms with Gasteiger partial charge in [0.15, 0.2) is 0 Å². The summed E-state index contributed by atoms with van der Waals surface area (Å²) in [6.07, 6.45) is 5.37. The summed E-state index contributed by atoms with van der Waals surface area (Å²) in [6, 6.07) is 8.20. The Hall–Kier alpha value is -1.79. The number of rotatable bonds is 5. The number of fused-ring (bicyclic) bond motifs is 1. The summed E-state index contributed by atoms with van der Waals surface area (Å²) in [5, 5.41) is 12.3. The molecule has 5 nitrogen and oxygen atoms in total. The molecule has 0 spiro atoms. The van der Waals surface area contributed by atoms with Gasteiger partial charge in [-0.2, -0.15) is 0 Å². The van der Waals surface area contributed by atoms with Crippen LogP contribution >= 0.6 is 15.9 Å². The minimum Gasteiger partial charge on any atom is -0.311 e. The number of nitrogens with zero attached hydrogens (tertiary/aromatic N) is 4. The fraction of sp³-hybridized carbons (Fsp3) is 0.214. The van der Waals surface area contributed by atoms with Crippen LogP contribution in [-0.4, -0.2) is 26.5 Å². The Morgan fingerprint density at radius 2 is 2.15 bits per heavy atom. The van der Waals surface area contributed by atoms with Gasteiger partial charge in [0.2, 0.25) is 0 Å². The van der Waals surface area contributed by atoms with Gasteiger partial charge in [0.05, 0.1) is 18.3 Å². The van der Waals surface area contributed by atoms with Crippen molar-refractivity contribution < 1.29 is 0 Å². The van der Waals surface area contributed by atoms with E-state index in [0.717, 1.165) is 35.0 Å². The van der Waals surface area contributed by atoms with Crippen molar-refractivity contribution in [2.75, 3.05) is 6.54 Å². The lowest BCUT2D eigenvalue weighted by Gasteiger charge is -2.08. The van der Waals surface area contributed by atoms with Crippen LogP contribution in [0.5, 0.6) is 0 Å². The number of hydrogen-bond donors (Lipinski definition) is 1. The minimum atomic E-state index is 0.787. The predicted octanol–water partition coefficient (Wildman–Crippen LogP) is 2.38. The molecule has 0 bridgehead atoms. The van der Waals surface area contributed by atoms with Crippen LogP contribution < -0.4 is 5.32 Å². The van der Waals surface area contributed by atoms with Crippen LogP contribution in [0.3, 0.4) is 0 Å². The van der Waals surface area contributed by atoms with Gasteiger partial charge in [-0.05, 0) is 17.7 Å². The van der Waals surface area contributed by atoms with Crippen LogP contribution in [0.2, 0.25) is 0 Å². The average Bonchev–Trinajstić information content (AvgIpc) is 2.99. The topological polar surface area (TPSA) is 55.6 Å². The lowest BCUT2D eigenvalue weighted by atomic mass is 10.1. The van der Waals surface area contributed by atoms with Crippen molar-refractivity contribution >= 4 is 26.8 Å². The first kappa shape index (κ1) is 13.2. The summed E-state index contributed by atoms with van der Waals surface area (Å²) < 4.78 is 2.89. The maximum atomic E-state index is 4.47. The zero-order chi connectivity index (χ0) is 13.8. The number of benzene rings is 1. The Balaban J connectivity index is 1.67. The van der Waals surface area contributed by atoms with Gasteiger partial charge in [-0.1, -0.05) is 33.3 Å². The monoisotopic (exact) mass is 331 g/mol. The lowest BCUT2D eigenvalue weighted by Crippen LogP contribution is -2.20. The maximum absolute atomic E-state index is 4.47. The Morgan fingerprint density at radius 3 is 3.00 bits per heavy atom. The highest BCUT2D eigenvalue weighted by molar-refractivity contribution is 9.10. The van der Waals surface area contributed by atoms with E-state index in [-0.39, 0.29) is 0 Å². The van der Waals surface area contributed by atoms with Gasteiger partial charge in [-0.25, -0.2) is 0 Å². The molecule has 0 atom stereocenters. The summed E-state index contributed by atoms with van der Waals surface area (Å²) in [5.74, 6) is 0. The molecule has 0 saturated carbocycles. The smallest absolute Gasteiger partial charge is 0.0758 e. The van der Waals surface area contributed by atoms with E-state index in [1.54, 1.807) is 6.20 Å². The molecule has 102 valence electrons. The molecule has 1 aromatic carbocycles. The summed E-state index contributed by atoms with van der Waals surface area (Å²) in [6.45, 7) is 2.44. The van der Waals surface area contributed by atoms with Gasteiger partial charge < -0.3 is 5.32 Å². The van der Waals surface area contributed by atoms with Crippen LogP contribution in [0.25, 0.3) is 10.9 Å². The van der Waals surface area contributed by atoms with Crippen LogP contribution in [0.15, 0.2) is 47.3 Å². The molecule has 3 rings (SSSR count). The molecule has 0 radical (unpaired) electrons. The number of aromatic nitrogens is 4. The van der Waals surface area contributed by atoms with Crippen LogP contribution in [0.1, 0.15) is 5.56 Å². The molecule has 0 aliphatic heterocycles. The number of hydrogen-bond acceptors (Lipinski definition) is 4. The van der Waals surface area contributed by atoms with E-state index in [2.05, 4.69) is 54.7 Å². The Labute approximate surface area is 125 Å². The van der Waals surface area contributed by atoms with Gasteiger partial charge in [-0.3, -0.25) is 9.67 Å². The second kappa shape index (κ2) is 6.11. The third-order valence-corrected chi connectivity index (χ3v) is 3.80. The van der Waals surface area contributed by atoms with Crippen LogP contribution in [0, 0.1) is 0 Å². The summed E-state index contributed by atoms with van der Waals surface area (Å²) in [4.78, 5) is 4.47. The molecule has 6 heteroatoms. The third-order valence-electron chi connectivity index (χ3n) is 3.11. The fourth-order valence-electron chi connectivity index (χ4n) is 2.11. The molecule has 2 heterocycles. The summed E-state index contributed by atoms with van der Waals surface area (Å²) in [5.41, 5.74) is 2.23. The molecule has 3 aromatic rings. The van der Waals surface area contributed by atoms with E-state index < -0.39 is 0 Å². The van der Waals surface area contributed by atoms with Crippen molar-refractivity contribution in [3.05, 3.63) is 52.9 Å². The van der Waals surface area contributed by atoms with Gasteiger partial charge >= 0.3 is 0 Å². The van der Waals surface area contributed by atoms with Gasteiger partial charge in [0.25, 0.3) is 0 Å². The van der Waals surface area contributed by atoms with E-state index >= 15 is 0 Å². The molecule has 0 aliphatic carbocycles. The van der Waals surface area contributed by atoms with Gasteiger partial charge in [0, 0.05) is 35.3 Å². The van der Waals surface area contributed by atoms with Gasteiger partial charge in [-0.15, -0.1) is 5.10 Å². The Morgan fingerprint density at radius 1 is 1.20 bits per heavy atom. The quantitative estimate of drug-likeness (QED) is 0.729. The zero-order valence-corrected chi connectivity index (χ0v) is 12.4. The van der Waals surface area contributed by atoms with Crippen molar-refractivity contribution in [2.45, 2.75) is 13.1 Å². The first-order chi connectivity index (χ1) is 9.84. The van der Waals surface area contributed by atoms with Crippen molar-refractivity contribution in [3.8, 4) is 0 Å². The maximum Gasteiger partial charge on any atom is 0.0758 e. The number of halogens is 1. The molecule has 20 heavy (non-hydrogen) atoms. The highest BCUT2D eigenvalue weighted by Crippen LogP contribution is 2.24. The lowest BCUT2D eigenvalue weighted by molar-refractivity contribution is 0.540. The van der Waals surface area contributed by atoms with Crippen molar-refractivity contribution in [1.82, 2.24) is 25.3 Å². The average molecular weight is 332 g/mol. The largest absolute Gasteiger partial charge is 0.311 e. The molecule has 0 aliphatic rings. The molecule has 0 unspecified atom stereocenters. The first-order valence-corrected chi connectivity index (χ1v) is 7.21. The zero-order valence-electron chi connectivity index (χ0n) is 10.8. The standard InChI is InChI=1S/C14H14BrN5/c15-13-4-3-11(14-12(13)2-1-5-17-14)10-16-6-8-20-9-7-18-19-20/h1-5,7,9,16H,6,8,10H2. The molecule has 1 N–H and O–H groups in total. The van der Waals surface area contributed by atoms with Crippen molar-refractivity contribution in [2.24, 2.45) is 0 Å². The number of nitrogens with one attached hydrogen (secondary N) is 1. The van der Waals surface area contributed by atoms with Crippen molar-refractivity contribution in [3.63, 3.8) is 0 Å². The predicted molar refractivity (Wildman–Crippen MR) is 81.2 cm³/mol. The van der Waals surface area contributed by atoms with E-state index in [9.17, 15) is 0 Å². The SMILES string of the molecule is Brc1ccc(CNCCn2ccnn2)c2ncccc12. The molecular formula is C14H14BrN5. The minimum absolute atomic E-state index is 0.787. The molecular weight excluding hydrogens is 318 g/mol. The number of pyridine rings is 1. The molecule has 0 fully saturated rings. The van der Waals surface area contributed by atoms with E-state index in [0.29, 0.717) is 0 Å². The highest BCUT2D eigenvalue weighted by Gasteiger charge is 2.04. The summed E-state index contributed by atoms with van der Waals surface area (Å²) >= 11 is 3.56. The van der Waals surface area contributed by atoms with E-state index in [1.165, 1.54) is 5.56 Å². The van der Waals surface area contributed by atoms with Crippen LogP contribution in [-0.2, 0) is 13.1 Å². The second-order valence-corrected chi connectivity index (χ2v) is 5.30. The van der Waals surface area contributed by atoms with Crippen LogP contribution in [0.4, 0.5) is 0 Å². The molecule has 2 aromatic heterocycles. The van der Waals surface area contributed by atoms with E-state index in [4.69, 9.17) is 0 Å². The van der Waals surface area contributed by atoms with Crippen molar-refractivity contribution in [1.29, 1.82) is 0 Å². The normalized spacial score (nSPS) is 11.1. The van der Waals surface area contributed by atoms with Gasteiger partial charge in [0.1, 0.15) is 0 Å². The second-order valence-electron chi connectivity index (χ2n) is 4.45.